The molecule has 6 heteroatoms. The third-order valence-corrected chi connectivity index (χ3v) is 5.43. The molecule has 0 amide bonds. The van der Waals surface area contributed by atoms with E-state index in [-0.39, 0.29) is 5.75 Å². The van der Waals surface area contributed by atoms with E-state index < -0.39 is 10.0 Å². The van der Waals surface area contributed by atoms with Gasteiger partial charge in [0.25, 0.3) is 0 Å². The lowest BCUT2D eigenvalue weighted by molar-refractivity contribution is 0.386. The first-order valence-electron chi connectivity index (χ1n) is 6.71. The van der Waals surface area contributed by atoms with Gasteiger partial charge in [0.15, 0.2) is 0 Å². The first-order chi connectivity index (χ1) is 9.60. The zero-order valence-electron chi connectivity index (χ0n) is 11.3. The summed E-state index contributed by atoms with van der Waals surface area (Å²) in [5, 5.41) is 0. The van der Waals surface area contributed by atoms with Crippen molar-refractivity contribution >= 4 is 10.0 Å². The fourth-order valence-corrected chi connectivity index (χ4v) is 3.48. The molecule has 2 heterocycles. The zero-order valence-corrected chi connectivity index (χ0v) is 12.2. The monoisotopic (exact) mass is 291 g/mol. The van der Waals surface area contributed by atoms with Gasteiger partial charge >= 0.3 is 0 Å². The molecule has 3 rings (SSSR count). The lowest BCUT2D eigenvalue weighted by atomic mass is 10.2. The quantitative estimate of drug-likeness (QED) is 0.937. The first kappa shape index (κ1) is 13.3. The van der Waals surface area contributed by atoms with Gasteiger partial charge < -0.3 is 4.98 Å². The van der Waals surface area contributed by atoms with Crippen LogP contribution in [0.4, 0.5) is 0 Å². The van der Waals surface area contributed by atoms with Gasteiger partial charge in [-0.3, -0.25) is 0 Å². The summed E-state index contributed by atoms with van der Waals surface area (Å²) < 4.78 is 25.4. The summed E-state index contributed by atoms with van der Waals surface area (Å²) >= 11 is 0. The molecule has 0 fully saturated rings. The number of benzene rings is 1. The fourth-order valence-electron chi connectivity index (χ4n) is 2.42. The third kappa shape index (κ3) is 2.36. The average Bonchev–Trinajstić information content (AvgIpc) is 2.91. The molecule has 0 aliphatic carbocycles. The third-order valence-electron chi connectivity index (χ3n) is 3.60. The summed E-state index contributed by atoms with van der Waals surface area (Å²) in [6.07, 6.45) is 0.665. The lowest BCUT2D eigenvalue weighted by Gasteiger charge is -2.24. The van der Waals surface area contributed by atoms with Crippen molar-refractivity contribution in [2.24, 2.45) is 0 Å². The van der Waals surface area contributed by atoms with E-state index >= 15 is 0 Å². The molecule has 1 aromatic carbocycles. The maximum Gasteiger partial charge on any atom is 0.214 e. The second-order valence-electron chi connectivity index (χ2n) is 4.86. The van der Waals surface area contributed by atoms with Crippen molar-refractivity contribution in [2.45, 2.75) is 19.9 Å². The molecule has 0 atom stereocenters. The van der Waals surface area contributed by atoms with E-state index in [9.17, 15) is 8.42 Å². The van der Waals surface area contributed by atoms with E-state index in [1.54, 1.807) is 6.92 Å². The number of imidazole rings is 1. The number of aromatic amines is 1. The van der Waals surface area contributed by atoms with Gasteiger partial charge in [-0.05, 0) is 6.92 Å². The zero-order chi connectivity index (χ0) is 14.2. The van der Waals surface area contributed by atoms with Gasteiger partial charge in [-0.2, -0.15) is 4.31 Å². The highest BCUT2D eigenvalue weighted by atomic mass is 32.2. The van der Waals surface area contributed by atoms with Crippen molar-refractivity contribution in [1.29, 1.82) is 0 Å². The van der Waals surface area contributed by atoms with Crippen molar-refractivity contribution in [3.8, 4) is 11.4 Å². The standard InChI is InChI=1S/C14H17N3O2S/c1-2-20(18,19)17-9-8-12-13(10-17)16-14(15-12)11-6-4-3-5-7-11/h3-7H,2,8-10H2,1H3,(H,15,16). The van der Waals surface area contributed by atoms with E-state index in [1.807, 2.05) is 30.3 Å². The van der Waals surface area contributed by atoms with Crippen molar-refractivity contribution < 1.29 is 8.42 Å². The van der Waals surface area contributed by atoms with Gasteiger partial charge in [-0.15, -0.1) is 0 Å². The fraction of sp³-hybridized carbons (Fsp3) is 0.357. The molecule has 0 saturated carbocycles. The van der Waals surface area contributed by atoms with Crippen LogP contribution in [0.3, 0.4) is 0 Å². The lowest BCUT2D eigenvalue weighted by Crippen LogP contribution is -2.36. The second-order valence-corrected chi connectivity index (χ2v) is 7.12. The van der Waals surface area contributed by atoms with Crippen molar-refractivity contribution in [3.05, 3.63) is 41.7 Å². The summed E-state index contributed by atoms with van der Waals surface area (Å²) in [5.41, 5.74) is 2.91. The smallest absolute Gasteiger partial charge is 0.214 e. The molecule has 1 aliphatic rings. The Morgan fingerprint density at radius 3 is 2.75 bits per heavy atom. The number of nitrogens with one attached hydrogen (secondary N) is 1. The normalized spacial score (nSPS) is 16.1. The van der Waals surface area contributed by atoms with E-state index in [0.29, 0.717) is 19.5 Å². The molecule has 0 spiro atoms. The Morgan fingerprint density at radius 1 is 1.30 bits per heavy atom. The summed E-state index contributed by atoms with van der Waals surface area (Å²) in [7, 11) is -3.13. The number of hydrogen-bond donors (Lipinski definition) is 1. The Hall–Kier alpha value is -1.66. The number of H-pyrrole nitrogens is 1. The molecular formula is C14H17N3O2S. The van der Waals surface area contributed by atoms with Gasteiger partial charge in [-0.25, -0.2) is 13.4 Å². The minimum Gasteiger partial charge on any atom is -0.341 e. The summed E-state index contributed by atoms with van der Waals surface area (Å²) in [5.74, 6) is 0.952. The Balaban J connectivity index is 1.91. The maximum absolute atomic E-state index is 11.9. The van der Waals surface area contributed by atoms with Gasteiger partial charge in [-0.1, -0.05) is 30.3 Å². The minimum atomic E-state index is -3.13. The molecule has 0 bridgehead atoms. The van der Waals surface area contributed by atoms with Gasteiger partial charge in [0.1, 0.15) is 5.82 Å². The van der Waals surface area contributed by atoms with Gasteiger partial charge in [0, 0.05) is 18.5 Å². The summed E-state index contributed by atoms with van der Waals surface area (Å²) in [6, 6.07) is 9.87. The number of fused-ring (bicyclic) bond motifs is 1. The minimum absolute atomic E-state index is 0.141. The molecule has 1 aliphatic heterocycles. The Kier molecular flexibility index (Phi) is 3.35. The molecule has 106 valence electrons. The van der Waals surface area contributed by atoms with Crippen molar-refractivity contribution in [1.82, 2.24) is 14.3 Å². The predicted molar refractivity (Wildman–Crippen MR) is 77.6 cm³/mol. The number of aromatic nitrogens is 2. The van der Waals surface area contributed by atoms with E-state index in [4.69, 9.17) is 0 Å². The maximum atomic E-state index is 11.9. The number of rotatable bonds is 3. The molecule has 20 heavy (non-hydrogen) atoms. The van der Waals surface area contributed by atoms with Crippen LogP contribution < -0.4 is 0 Å². The Morgan fingerprint density at radius 2 is 2.05 bits per heavy atom. The first-order valence-corrected chi connectivity index (χ1v) is 8.32. The van der Waals surface area contributed by atoms with Crippen LogP contribution in [-0.4, -0.2) is 35.0 Å². The molecule has 5 nitrogen and oxygen atoms in total. The van der Waals surface area contributed by atoms with E-state index in [2.05, 4.69) is 9.97 Å². The Bertz CT molecular complexity index is 707. The number of nitrogens with zero attached hydrogens (tertiary/aromatic N) is 2. The van der Waals surface area contributed by atoms with Crippen LogP contribution in [0.1, 0.15) is 18.3 Å². The van der Waals surface area contributed by atoms with Gasteiger partial charge in [0.05, 0.1) is 23.7 Å². The summed E-state index contributed by atoms with van der Waals surface area (Å²) in [4.78, 5) is 7.85. The molecule has 2 aromatic rings. The van der Waals surface area contributed by atoms with Crippen LogP contribution in [-0.2, 0) is 23.0 Å². The van der Waals surface area contributed by atoms with Crippen molar-refractivity contribution in [3.63, 3.8) is 0 Å². The molecule has 1 N–H and O–H groups in total. The predicted octanol–water partition coefficient (Wildman–Crippen LogP) is 1.78. The Labute approximate surface area is 118 Å². The SMILES string of the molecule is CCS(=O)(=O)N1CCc2nc(-c3ccccc3)[nH]c2C1. The van der Waals surface area contributed by atoms with E-state index in [1.165, 1.54) is 4.31 Å². The molecule has 0 radical (unpaired) electrons. The molecular weight excluding hydrogens is 274 g/mol. The topological polar surface area (TPSA) is 66.1 Å². The number of sulfonamides is 1. The van der Waals surface area contributed by atoms with Crippen LogP contribution in [0.15, 0.2) is 30.3 Å². The van der Waals surface area contributed by atoms with Crippen LogP contribution in [0.5, 0.6) is 0 Å². The average molecular weight is 291 g/mol. The van der Waals surface area contributed by atoms with E-state index in [0.717, 1.165) is 22.8 Å². The van der Waals surface area contributed by atoms with Crippen LogP contribution in [0, 0.1) is 0 Å². The second kappa shape index (κ2) is 5.03. The number of hydrogen-bond acceptors (Lipinski definition) is 3. The molecule has 0 unspecified atom stereocenters. The highest BCUT2D eigenvalue weighted by molar-refractivity contribution is 7.89. The highest BCUT2D eigenvalue weighted by Gasteiger charge is 2.27. The molecule has 1 aromatic heterocycles. The van der Waals surface area contributed by atoms with Gasteiger partial charge in [0.2, 0.25) is 10.0 Å². The highest BCUT2D eigenvalue weighted by Crippen LogP contribution is 2.23. The van der Waals surface area contributed by atoms with Crippen LogP contribution in [0.25, 0.3) is 11.4 Å². The summed E-state index contributed by atoms with van der Waals surface area (Å²) in [6.45, 7) is 2.58. The van der Waals surface area contributed by atoms with Crippen molar-refractivity contribution in [2.75, 3.05) is 12.3 Å². The molecule has 0 saturated heterocycles. The largest absolute Gasteiger partial charge is 0.341 e. The van der Waals surface area contributed by atoms with Crippen LogP contribution >= 0.6 is 0 Å². The van der Waals surface area contributed by atoms with Crippen LogP contribution in [0.2, 0.25) is 0 Å².